The second kappa shape index (κ2) is 26.9. The molecule has 0 amide bonds. The molecule has 12 heteroatoms. The summed E-state index contributed by atoms with van der Waals surface area (Å²) in [6.07, 6.45) is -8.54. The third-order valence-corrected chi connectivity index (χ3v) is 20.3. The number of thioether (sulfide) groups is 1. The van der Waals surface area contributed by atoms with Crippen LogP contribution in [0.15, 0.2) is 230 Å². The van der Waals surface area contributed by atoms with Crippen LogP contribution in [0.3, 0.4) is 0 Å². The van der Waals surface area contributed by atoms with Crippen LogP contribution in [0.2, 0.25) is 5.04 Å². The van der Waals surface area contributed by atoms with Crippen LogP contribution in [0, 0.1) is 0 Å². The molecule has 2 saturated heterocycles. The van der Waals surface area contributed by atoms with Crippen molar-refractivity contribution in [3.63, 3.8) is 0 Å². The Labute approximate surface area is 466 Å². The van der Waals surface area contributed by atoms with Gasteiger partial charge >= 0.3 is 0 Å². The van der Waals surface area contributed by atoms with E-state index in [2.05, 4.69) is 75.9 Å². The van der Waals surface area contributed by atoms with Crippen molar-refractivity contribution >= 4 is 30.5 Å². The molecule has 7 aromatic rings. The van der Waals surface area contributed by atoms with Gasteiger partial charge in [-0.1, -0.05) is 239 Å². The van der Waals surface area contributed by atoms with Crippen molar-refractivity contribution < 1.29 is 46.7 Å². The molecule has 1 unspecified atom stereocenters. The maximum Gasteiger partial charge on any atom is 0.261 e. The first-order valence-corrected chi connectivity index (χ1v) is 29.7. The fourth-order valence-corrected chi connectivity index (χ4v) is 16.2. The van der Waals surface area contributed by atoms with E-state index < -0.39 is 68.4 Å². The minimum absolute atomic E-state index is 0.00258. The van der Waals surface area contributed by atoms with E-state index in [1.165, 1.54) is 11.8 Å². The average molecular weight is 1090 g/mol. The molecule has 2 aliphatic heterocycles. The molecule has 7 aromatic carbocycles. The van der Waals surface area contributed by atoms with Crippen LogP contribution >= 0.6 is 11.8 Å². The van der Waals surface area contributed by atoms with Gasteiger partial charge in [-0.3, -0.25) is 0 Å². The maximum absolute atomic E-state index is 18.7. The molecule has 2 heterocycles. The summed E-state index contributed by atoms with van der Waals surface area (Å²) in [4.78, 5) is 0.975. The zero-order chi connectivity index (χ0) is 54.4. The van der Waals surface area contributed by atoms with Crippen LogP contribution in [0.25, 0.3) is 0 Å². The van der Waals surface area contributed by atoms with Crippen LogP contribution in [0.5, 0.6) is 0 Å². The number of ether oxygens (including phenoxy) is 8. The van der Waals surface area contributed by atoms with Gasteiger partial charge in [0.1, 0.15) is 53.9 Å². The van der Waals surface area contributed by atoms with E-state index in [1.54, 1.807) is 0 Å². The van der Waals surface area contributed by atoms with Gasteiger partial charge in [0.05, 0.1) is 39.6 Å². The minimum Gasteiger partial charge on any atom is -0.487 e. The van der Waals surface area contributed by atoms with Crippen molar-refractivity contribution in [1.29, 1.82) is 0 Å². The molecule has 0 radical (unpaired) electrons. The van der Waals surface area contributed by atoms with Crippen molar-refractivity contribution in [3.05, 3.63) is 247 Å². The van der Waals surface area contributed by atoms with E-state index in [4.69, 9.17) is 42.3 Å². The van der Waals surface area contributed by atoms with Crippen LogP contribution in [-0.4, -0.2) is 81.7 Å². The van der Waals surface area contributed by atoms with E-state index in [0.29, 0.717) is 6.61 Å². The summed E-state index contributed by atoms with van der Waals surface area (Å²) in [5.41, 5.74) is 3.17. The lowest BCUT2D eigenvalue weighted by Gasteiger charge is -2.47. The molecular weight excluding hydrogens is 1020 g/mol. The Bertz CT molecular complexity index is 2830. The van der Waals surface area contributed by atoms with Gasteiger partial charge in [0.2, 0.25) is 0 Å². The molecule has 2 aliphatic rings. The fourth-order valence-electron chi connectivity index (χ4n) is 10.4. The van der Waals surface area contributed by atoms with Gasteiger partial charge in [0.15, 0.2) is 12.0 Å². The predicted molar refractivity (Wildman–Crippen MR) is 308 cm³/mol. The Morgan fingerprint density at radius 1 is 0.564 bits per heavy atom. The first-order valence-electron chi connectivity index (χ1n) is 26.9. The summed E-state index contributed by atoms with van der Waals surface area (Å²) in [7, 11) is -3.19. The topological polar surface area (TPSA) is 83.1 Å². The zero-order valence-electron chi connectivity index (χ0n) is 45.3. The van der Waals surface area contributed by atoms with Crippen molar-refractivity contribution in [2.45, 2.75) is 131 Å². The van der Waals surface area contributed by atoms with Gasteiger partial charge in [0, 0.05) is 4.90 Å². The molecule has 0 aliphatic carbocycles. The second-order valence-electron chi connectivity index (χ2n) is 21.3. The summed E-state index contributed by atoms with van der Waals surface area (Å²) in [6, 6.07) is 70.4. The molecule has 408 valence electrons. The van der Waals surface area contributed by atoms with Crippen molar-refractivity contribution in [2.75, 3.05) is 13.2 Å². The van der Waals surface area contributed by atoms with Gasteiger partial charge in [0.25, 0.3) is 8.32 Å². The van der Waals surface area contributed by atoms with Crippen LogP contribution in [0.1, 0.15) is 56.9 Å². The highest BCUT2D eigenvalue weighted by molar-refractivity contribution is 7.99. The summed E-state index contributed by atoms with van der Waals surface area (Å²) in [5.74, 6) is -1.21. The molecule has 9 atom stereocenters. The molecule has 0 bridgehead atoms. The highest BCUT2D eigenvalue weighted by Crippen LogP contribution is 2.43. The smallest absolute Gasteiger partial charge is 0.261 e. The van der Waals surface area contributed by atoms with E-state index >= 15 is 4.39 Å². The molecule has 0 saturated carbocycles. The Balaban J connectivity index is 1.10. The summed E-state index contributed by atoms with van der Waals surface area (Å²) in [6.45, 7) is 15.7. The quantitative estimate of drug-likeness (QED) is 0.0408. The minimum atomic E-state index is -3.19. The van der Waals surface area contributed by atoms with E-state index in [9.17, 15) is 0 Å². The summed E-state index contributed by atoms with van der Waals surface area (Å²) >= 11 is 1.52. The molecule has 0 spiro atoms. The number of alkyl halides is 1. The Morgan fingerprint density at radius 3 is 1.46 bits per heavy atom. The third-order valence-electron chi connectivity index (χ3n) is 14.1. The van der Waals surface area contributed by atoms with Crippen molar-refractivity contribution in [2.24, 2.45) is 0 Å². The molecular formula is C66H73FO9SSi. The van der Waals surface area contributed by atoms with E-state index in [-0.39, 0.29) is 43.8 Å². The second-order valence-corrected chi connectivity index (χ2v) is 26.8. The summed E-state index contributed by atoms with van der Waals surface area (Å²) in [5, 5.41) is 1.79. The van der Waals surface area contributed by atoms with Gasteiger partial charge in [-0.2, -0.15) is 0 Å². The largest absolute Gasteiger partial charge is 0.487 e. The fraction of sp³-hybridized carbons (Fsp3) is 0.333. The molecule has 9 rings (SSSR count). The number of benzene rings is 7. The first kappa shape index (κ1) is 57.0. The third kappa shape index (κ3) is 14.5. The molecule has 0 aromatic heterocycles. The van der Waals surface area contributed by atoms with E-state index in [0.717, 1.165) is 37.5 Å². The molecule has 0 N–H and O–H groups in total. The number of rotatable bonds is 25. The van der Waals surface area contributed by atoms with Gasteiger partial charge < -0.3 is 42.3 Å². The lowest BCUT2D eigenvalue weighted by atomic mass is 9.91. The zero-order valence-corrected chi connectivity index (χ0v) is 47.1. The highest BCUT2D eigenvalue weighted by atomic mass is 32.2. The number of hydrogen-bond acceptors (Lipinski definition) is 10. The Morgan fingerprint density at radius 2 is 0.987 bits per heavy atom. The average Bonchev–Trinajstić information content (AvgIpc) is 3.88. The molecule has 78 heavy (non-hydrogen) atoms. The van der Waals surface area contributed by atoms with Gasteiger partial charge in [-0.05, 0) is 63.6 Å². The van der Waals surface area contributed by atoms with Gasteiger partial charge in [-0.15, -0.1) is 0 Å². The predicted octanol–water partition coefficient (Wildman–Crippen LogP) is 12.8. The van der Waals surface area contributed by atoms with Crippen molar-refractivity contribution in [1.82, 2.24) is 0 Å². The SMILES string of the molecule is C=C(O[C@H](CO[Si](c1ccccc1)(c1ccccc1)C(C)(C)C)[C@@H]1OC(C)(C)O[C@H]1Sc1ccccc1)C(F)[C@@H]1O[C@@H](COCc2ccccc2)[C@H](OCc2ccccc2)[C@@H](OCc2ccccc2)[C@H]1OCc1ccccc1. The Hall–Kier alpha value is -5.74. The molecule has 9 nitrogen and oxygen atoms in total. The lowest BCUT2D eigenvalue weighted by molar-refractivity contribution is -0.282. The van der Waals surface area contributed by atoms with Gasteiger partial charge in [-0.25, -0.2) is 4.39 Å². The monoisotopic (exact) mass is 1090 g/mol. The Kier molecular flexibility index (Phi) is 19.7. The normalized spacial score (nSPS) is 22.1. The van der Waals surface area contributed by atoms with Crippen LogP contribution in [0.4, 0.5) is 4.39 Å². The summed E-state index contributed by atoms with van der Waals surface area (Å²) < 4.78 is 81.2. The number of hydrogen-bond donors (Lipinski definition) is 0. The standard InChI is InChI=1S/C66H73FO9SSi/c1-48(73-57(60-64(76-66(5,6)75-60)77-53-36-22-11-23-37-53)47-72-78(65(2,3)4,54-38-24-12-25-39-54)55-40-26-13-27-41-55)58(67)61-63(71-45-52-34-20-10-21-35-52)62(70-44-51-32-18-9-19-33-51)59(69-43-50-30-16-8-17-31-50)56(74-61)46-68-42-49-28-14-7-15-29-49/h7-41,56-64H,1,42-47H2,2-6H3/t56-,57+,58?,59-,60-,61-,62+,63-,64-/m0/s1. The van der Waals surface area contributed by atoms with Crippen LogP contribution in [-0.2, 0) is 68.7 Å². The molecule has 2 fully saturated rings. The van der Waals surface area contributed by atoms with Crippen LogP contribution < -0.4 is 10.4 Å². The highest BCUT2D eigenvalue weighted by Gasteiger charge is 2.55. The lowest BCUT2D eigenvalue weighted by Crippen LogP contribution is -2.67. The van der Waals surface area contributed by atoms with E-state index in [1.807, 2.05) is 178 Å². The first-order chi connectivity index (χ1) is 37.9. The maximum atomic E-state index is 18.7. The number of halogens is 1. The van der Waals surface area contributed by atoms with Crippen molar-refractivity contribution in [3.8, 4) is 0 Å².